The molecule has 0 unspecified atom stereocenters. The van der Waals surface area contributed by atoms with E-state index in [1.54, 1.807) is 24.3 Å². The van der Waals surface area contributed by atoms with Gasteiger partial charge in [-0.1, -0.05) is 24.3 Å². The molecule has 0 amide bonds. The van der Waals surface area contributed by atoms with Crippen molar-refractivity contribution in [3.05, 3.63) is 48.5 Å². The van der Waals surface area contributed by atoms with E-state index in [1.807, 2.05) is 24.3 Å². The van der Waals surface area contributed by atoms with Gasteiger partial charge in [-0.3, -0.25) is 0 Å². The highest BCUT2D eigenvalue weighted by atomic mass is 35.5. The van der Waals surface area contributed by atoms with Crippen LogP contribution >= 0.6 is 49.6 Å². The predicted octanol–water partition coefficient (Wildman–Crippen LogP) is 6.37. The molecule has 0 heterocycles. The van der Waals surface area contributed by atoms with Crippen molar-refractivity contribution in [3.8, 4) is 11.1 Å². The molecule has 0 fully saturated rings. The highest BCUT2D eigenvalue weighted by Gasteiger charge is 1.97. The molecular weight excluding hydrogens is 342 g/mol. The van der Waals surface area contributed by atoms with Gasteiger partial charge in [0.15, 0.2) is 0 Å². The highest BCUT2D eigenvalue weighted by Crippen LogP contribution is 2.24. The van der Waals surface area contributed by atoms with Gasteiger partial charge >= 0.3 is 0 Å². The lowest BCUT2D eigenvalue weighted by atomic mass is 10.1. The first-order chi connectivity index (χ1) is 7.83. The van der Waals surface area contributed by atoms with Gasteiger partial charge in [0.2, 0.25) is 0 Å². The Kier molecular flexibility index (Phi) is 13.9. The minimum atomic E-state index is 0. The number of nitrogens with one attached hydrogen (secondary N) is 2. The van der Waals surface area contributed by atoms with Crippen LogP contribution in [0.4, 0.5) is 11.4 Å². The summed E-state index contributed by atoms with van der Waals surface area (Å²) in [6, 6.07) is 14.9. The van der Waals surface area contributed by atoms with Gasteiger partial charge in [0, 0.05) is 0 Å². The van der Waals surface area contributed by atoms with Crippen LogP contribution in [0.3, 0.4) is 0 Å². The third-order valence-corrected chi connectivity index (χ3v) is 2.33. The Morgan fingerprint density at radius 1 is 0.500 bits per heavy atom. The van der Waals surface area contributed by atoms with Gasteiger partial charge in [-0.25, -0.2) is 11.1 Å². The molecule has 0 radical (unpaired) electrons. The number of halogens is 4. The second-order valence-corrected chi connectivity index (χ2v) is 3.32. The molecule has 2 aromatic carbocycles. The van der Waals surface area contributed by atoms with E-state index in [4.69, 9.17) is 11.1 Å². The first-order valence-electron chi connectivity index (χ1n) is 4.79. The second-order valence-electron chi connectivity index (χ2n) is 3.32. The van der Waals surface area contributed by atoms with Crippen molar-refractivity contribution in [3.63, 3.8) is 0 Å². The Balaban J connectivity index is -0.000000722. The molecule has 4 nitrogen and oxygen atoms in total. The van der Waals surface area contributed by atoms with Gasteiger partial charge in [0.25, 0.3) is 0 Å². The maximum absolute atomic E-state index is 6.86. The van der Waals surface area contributed by atoms with Gasteiger partial charge in [0.05, 0.1) is 11.4 Å². The average Bonchev–Trinajstić information content (AvgIpc) is 2.39. The molecule has 0 saturated heterocycles. The minimum absolute atomic E-state index is 0. The molecule has 20 heavy (non-hydrogen) atoms. The molecular formula is C12H14Cl4N4. The summed E-state index contributed by atoms with van der Waals surface area (Å²) < 4.78 is 0. The lowest BCUT2D eigenvalue weighted by Crippen LogP contribution is -1.75. The van der Waals surface area contributed by atoms with E-state index in [1.165, 1.54) is 0 Å². The summed E-state index contributed by atoms with van der Waals surface area (Å²) in [5, 5.41) is 6.69. The second kappa shape index (κ2) is 11.6. The number of nitrogens with zero attached hydrogens (tertiary/aromatic N) is 2. The van der Waals surface area contributed by atoms with E-state index in [0.29, 0.717) is 11.4 Å². The van der Waals surface area contributed by atoms with Crippen LogP contribution in [0.1, 0.15) is 0 Å². The molecule has 2 aromatic rings. The Bertz CT molecular complexity index is 464. The molecule has 0 aliphatic carbocycles. The minimum Gasteiger partial charge on any atom is -0.204 e. The van der Waals surface area contributed by atoms with Crippen molar-refractivity contribution in [2.75, 3.05) is 0 Å². The van der Waals surface area contributed by atoms with E-state index in [-0.39, 0.29) is 49.6 Å². The molecule has 110 valence electrons. The Morgan fingerprint density at radius 3 is 0.950 bits per heavy atom. The molecule has 0 saturated carbocycles. The van der Waals surface area contributed by atoms with Gasteiger partial charge in [-0.15, -0.1) is 49.6 Å². The van der Waals surface area contributed by atoms with Crippen molar-refractivity contribution in [1.29, 1.82) is 11.1 Å². The summed E-state index contributed by atoms with van der Waals surface area (Å²) in [7, 11) is 0. The molecule has 2 N–H and O–H groups in total. The number of rotatable bonds is 3. The van der Waals surface area contributed by atoms with Crippen LogP contribution in [-0.4, -0.2) is 0 Å². The smallest absolute Gasteiger partial charge is 0.0850 e. The van der Waals surface area contributed by atoms with Crippen molar-refractivity contribution in [1.82, 2.24) is 0 Å². The Labute approximate surface area is 142 Å². The van der Waals surface area contributed by atoms with Crippen LogP contribution in [0.25, 0.3) is 11.1 Å². The highest BCUT2D eigenvalue weighted by molar-refractivity contribution is 5.86. The Hall–Kier alpha value is -1.20. The summed E-state index contributed by atoms with van der Waals surface area (Å²) in [5.41, 5.74) is 17.1. The largest absolute Gasteiger partial charge is 0.204 e. The molecule has 0 aliphatic rings. The zero-order chi connectivity index (χ0) is 11.4. The molecule has 0 spiro atoms. The molecule has 8 heteroatoms. The van der Waals surface area contributed by atoms with Crippen molar-refractivity contribution in [2.24, 2.45) is 10.2 Å². The quantitative estimate of drug-likeness (QED) is 0.600. The van der Waals surface area contributed by atoms with E-state index in [0.717, 1.165) is 11.1 Å². The van der Waals surface area contributed by atoms with Gasteiger partial charge < -0.3 is 0 Å². The zero-order valence-corrected chi connectivity index (χ0v) is 13.4. The molecule has 0 bridgehead atoms. The Morgan fingerprint density at radius 2 is 0.750 bits per heavy atom. The molecule has 0 aliphatic heterocycles. The van der Waals surface area contributed by atoms with Crippen LogP contribution in [0.15, 0.2) is 58.8 Å². The fourth-order valence-corrected chi connectivity index (χ4v) is 1.46. The van der Waals surface area contributed by atoms with Crippen molar-refractivity contribution < 1.29 is 0 Å². The summed E-state index contributed by atoms with van der Waals surface area (Å²) in [6.07, 6.45) is 0. The molecule has 2 rings (SSSR count). The summed E-state index contributed by atoms with van der Waals surface area (Å²) in [6.45, 7) is 0. The first-order valence-corrected chi connectivity index (χ1v) is 4.79. The number of hydrogen-bond donors (Lipinski definition) is 2. The summed E-state index contributed by atoms with van der Waals surface area (Å²) in [4.78, 5) is 0. The normalized spacial score (nSPS) is 7.80. The maximum Gasteiger partial charge on any atom is 0.0850 e. The van der Waals surface area contributed by atoms with E-state index >= 15 is 0 Å². The fourth-order valence-electron chi connectivity index (χ4n) is 1.46. The van der Waals surface area contributed by atoms with Crippen molar-refractivity contribution >= 4 is 61.0 Å². The van der Waals surface area contributed by atoms with Crippen molar-refractivity contribution in [2.45, 2.75) is 0 Å². The van der Waals surface area contributed by atoms with Gasteiger partial charge in [-0.05, 0) is 35.4 Å². The topological polar surface area (TPSA) is 72.4 Å². The maximum atomic E-state index is 6.86. The van der Waals surface area contributed by atoms with E-state index in [2.05, 4.69) is 10.2 Å². The lowest BCUT2D eigenvalue weighted by Gasteiger charge is -2.01. The summed E-state index contributed by atoms with van der Waals surface area (Å²) in [5.74, 6) is 0. The third-order valence-electron chi connectivity index (χ3n) is 2.33. The number of benzene rings is 2. The molecule has 0 aromatic heterocycles. The lowest BCUT2D eigenvalue weighted by molar-refractivity contribution is 1.15. The van der Waals surface area contributed by atoms with Crippen LogP contribution in [0.5, 0.6) is 0 Å². The zero-order valence-electron chi connectivity index (χ0n) is 10.1. The number of hydrogen-bond acceptors (Lipinski definition) is 4. The first kappa shape index (κ1) is 23.9. The van der Waals surface area contributed by atoms with E-state index in [9.17, 15) is 0 Å². The van der Waals surface area contributed by atoms with Crippen LogP contribution in [-0.2, 0) is 0 Å². The standard InChI is InChI=1S/C12H10N4.4ClH/c13-15-11-5-1-9(2-6-11)10-3-7-12(16-14)8-4-10;;;;/h1-8,13-14H;4*1H. The fraction of sp³-hybridized carbons (Fsp3) is 0. The van der Waals surface area contributed by atoms with Gasteiger partial charge in [-0.2, -0.15) is 10.2 Å². The monoisotopic (exact) mass is 354 g/mol. The van der Waals surface area contributed by atoms with Gasteiger partial charge in [0.1, 0.15) is 0 Å². The summed E-state index contributed by atoms with van der Waals surface area (Å²) >= 11 is 0. The van der Waals surface area contributed by atoms with Crippen LogP contribution < -0.4 is 0 Å². The van der Waals surface area contributed by atoms with Crippen LogP contribution in [0, 0.1) is 11.1 Å². The van der Waals surface area contributed by atoms with E-state index < -0.39 is 0 Å². The predicted molar refractivity (Wildman–Crippen MR) is 90.5 cm³/mol. The SMILES string of the molecule is Cl.Cl.Cl.Cl.N=Nc1ccc(-c2ccc(N=N)cc2)cc1. The van der Waals surface area contributed by atoms with Crippen LogP contribution in [0.2, 0.25) is 0 Å². The third kappa shape index (κ3) is 5.84. The average molecular weight is 356 g/mol. The molecule has 0 atom stereocenters.